The molecule has 0 aromatic carbocycles. The van der Waals surface area contributed by atoms with Crippen molar-refractivity contribution in [3.8, 4) is 0 Å². The summed E-state index contributed by atoms with van der Waals surface area (Å²) in [6.07, 6.45) is 3.06. The molecular formula is C6H7O2-. The number of hydrogen-bond donors (Lipinski definition) is 0. The van der Waals surface area contributed by atoms with Crippen molar-refractivity contribution in [1.82, 2.24) is 0 Å². The van der Waals surface area contributed by atoms with Crippen molar-refractivity contribution in [3.63, 3.8) is 0 Å². The summed E-state index contributed by atoms with van der Waals surface area (Å²) in [6, 6.07) is 0. The molecule has 0 bridgehead atoms. The van der Waals surface area contributed by atoms with Crippen molar-refractivity contribution in [2.45, 2.75) is 19.3 Å². The van der Waals surface area contributed by atoms with Gasteiger partial charge >= 0.3 is 0 Å². The van der Waals surface area contributed by atoms with Gasteiger partial charge in [-0.25, -0.2) is 0 Å². The fourth-order valence-corrected chi connectivity index (χ4v) is 0.761. The lowest BCUT2D eigenvalue weighted by atomic mass is 10.1. The molecule has 2 heteroatoms. The van der Waals surface area contributed by atoms with Crippen LogP contribution in [0.4, 0.5) is 0 Å². The molecule has 1 aliphatic rings. The molecule has 0 N–H and O–H groups in total. The second-order valence-electron chi connectivity index (χ2n) is 1.93. The minimum Gasteiger partial charge on any atom is -0.875 e. The molecule has 0 aliphatic heterocycles. The van der Waals surface area contributed by atoms with Crippen LogP contribution >= 0.6 is 0 Å². The zero-order valence-electron chi connectivity index (χ0n) is 4.52. The molecule has 0 aromatic rings. The quantitative estimate of drug-likeness (QED) is 0.441. The van der Waals surface area contributed by atoms with E-state index in [1.54, 1.807) is 0 Å². The van der Waals surface area contributed by atoms with E-state index in [0.29, 0.717) is 12.8 Å². The van der Waals surface area contributed by atoms with E-state index >= 15 is 0 Å². The Morgan fingerprint density at radius 1 is 1.50 bits per heavy atom. The molecule has 1 aliphatic carbocycles. The van der Waals surface area contributed by atoms with Crippen LogP contribution in [0.15, 0.2) is 11.8 Å². The van der Waals surface area contributed by atoms with Crippen LogP contribution in [0.1, 0.15) is 19.3 Å². The number of allylic oxidation sites excluding steroid dienone is 2. The maximum atomic E-state index is 10.4. The van der Waals surface area contributed by atoms with Gasteiger partial charge in [0.2, 0.25) is 0 Å². The Hall–Kier alpha value is -0.790. The predicted octanol–water partition coefficient (Wildman–Crippen LogP) is -0.0164. The first-order valence-electron chi connectivity index (χ1n) is 2.69. The molecule has 2 nitrogen and oxygen atoms in total. The molecule has 0 saturated carbocycles. The molecule has 0 spiro atoms. The van der Waals surface area contributed by atoms with Crippen molar-refractivity contribution in [2.24, 2.45) is 0 Å². The Labute approximate surface area is 47.8 Å². The summed E-state index contributed by atoms with van der Waals surface area (Å²) in [5.74, 6) is -0.0255. The maximum absolute atomic E-state index is 10.4. The second kappa shape index (κ2) is 1.99. The highest BCUT2D eigenvalue weighted by Crippen LogP contribution is 2.08. The van der Waals surface area contributed by atoms with Crippen LogP contribution in [-0.2, 0) is 4.79 Å². The zero-order chi connectivity index (χ0) is 5.98. The molecule has 1 rings (SSSR count). The fraction of sp³-hybridized carbons (Fsp3) is 0.500. The average molecular weight is 111 g/mol. The van der Waals surface area contributed by atoms with Crippen LogP contribution in [0, 0.1) is 0 Å². The summed E-state index contributed by atoms with van der Waals surface area (Å²) in [5.41, 5.74) is 0. The topological polar surface area (TPSA) is 40.1 Å². The highest BCUT2D eigenvalue weighted by Gasteiger charge is 2.01. The van der Waals surface area contributed by atoms with E-state index in [1.807, 2.05) is 0 Å². The van der Waals surface area contributed by atoms with Crippen LogP contribution in [0.3, 0.4) is 0 Å². The molecule has 0 atom stereocenters. The van der Waals surface area contributed by atoms with E-state index in [4.69, 9.17) is 0 Å². The van der Waals surface area contributed by atoms with Crippen molar-refractivity contribution in [3.05, 3.63) is 11.8 Å². The smallest absolute Gasteiger partial charge is 0.154 e. The van der Waals surface area contributed by atoms with E-state index in [0.717, 1.165) is 6.42 Å². The molecule has 0 amide bonds. The summed E-state index contributed by atoms with van der Waals surface area (Å²) in [6.45, 7) is 0. The fourth-order valence-electron chi connectivity index (χ4n) is 0.761. The number of ketones is 1. The Bertz CT molecular complexity index is 135. The highest BCUT2D eigenvalue weighted by atomic mass is 16.3. The lowest BCUT2D eigenvalue weighted by Gasteiger charge is -2.14. The number of carbonyl (C=O) groups is 1. The summed E-state index contributed by atoms with van der Waals surface area (Å²) in [4.78, 5) is 10.4. The van der Waals surface area contributed by atoms with Gasteiger partial charge < -0.3 is 5.11 Å². The SMILES string of the molecule is O=C1C=C([O-])CCC1. The third-order valence-electron chi connectivity index (χ3n) is 1.17. The summed E-state index contributed by atoms with van der Waals surface area (Å²) < 4.78 is 0. The minimum atomic E-state index is -0.0127. The van der Waals surface area contributed by atoms with Gasteiger partial charge in [-0.05, 0) is 18.9 Å². The number of rotatable bonds is 0. The third kappa shape index (κ3) is 1.09. The van der Waals surface area contributed by atoms with Gasteiger partial charge in [-0.3, -0.25) is 4.79 Å². The minimum absolute atomic E-state index is 0.0127. The maximum Gasteiger partial charge on any atom is 0.154 e. The summed E-state index contributed by atoms with van der Waals surface area (Å²) in [5, 5.41) is 10.4. The summed E-state index contributed by atoms with van der Waals surface area (Å²) in [7, 11) is 0. The average Bonchev–Trinajstić information content (AvgIpc) is 1.64. The van der Waals surface area contributed by atoms with Crippen LogP contribution < -0.4 is 5.11 Å². The Kier molecular flexibility index (Phi) is 1.33. The number of carbonyl (C=O) groups excluding carboxylic acids is 1. The first kappa shape index (κ1) is 5.35. The van der Waals surface area contributed by atoms with Crippen molar-refractivity contribution < 1.29 is 9.90 Å². The lowest BCUT2D eigenvalue weighted by Crippen LogP contribution is -2.11. The van der Waals surface area contributed by atoms with E-state index in [2.05, 4.69) is 0 Å². The predicted molar refractivity (Wildman–Crippen MR) is 26.9 cm³/mol. The standard InChI is InChI=1S/C6H8O2/c7-5-2-1-3-6(8)4-5/h4,7H,1-3H2/p-1. The number of hydrogen-bond acceptors (Lipinski definition) is 2. The molecule has 0 radical (unpaired) electrons. The zero-order valence-corrected chi connectivity index (χ0v) is 4.52. The molecule has 0 fully saturated rings. The van der Waals surface area contributed by atoms with Crippen molar-refractivity contribution in [1.29, 1.82) is 0 Å². The Morgan fingerprint density at radius 2 is 2.25 bits per heavy atom. The molecule has 8 heavy (non-hydrogen) atoms. The summed E-state index contributed by atoms with van der Waals surface area (Å²) >= 11 is 0. The first-order chi connectivity index (χ1) is 3.79. The van der Waals surface area contributed by atoms with E-state index in [1.165, 1.54) is 6.08 Å². The molecule has 0 unspecified atom stereocenters. The van der Waals surface area contributed by atoms with Crippen molar-refractivity contribution in [2.75, 3.05) is 0 Å². The van der Waals surface area contributed by atoms with Gasteiger partial charge in [0, 0.05) is 6.42 Å². The van der Waals surface area contributed by atoms with Gasteiger partial charge in [0.05, 0.1) is 0 Å². The monoisotopic (exact) mass is 111 g/mol. The Balaban J connectivity index is 2.64. The molecule has 44 valence electrons. The third-order valence-corrected chi connectivity index (χ3v) is 1.17. The van der Waals surface area contributed by atoms with Gasteiger partial charge in [-0.15, -0.1) is 5.76 Å². The van der Waals surface area contributed by atoms with Crippen LogP contribution in [0.5, 0.6) is 0 Å². The second-order valence-corrected chi connectivity index (χ2v) is 1.93. The van der Waals surface area contributed by atoms with Gasteiger partial charge in [-0.1, -0.05) is 0 Å². The van der Waals surface area contributed by atoms with Crippen LogP contribution in [0.2, 0.25) is 0 Å². The first-order valence-corrected chi connectivity index (χ1v) is 2.69. The molecule has 0 aromatic heterocycles. The largest absolute Gasteiger partial charge is 0.875 e. The van der Waals surface area contributed by atoms with Crippen LogP contribution in [0.25, 0.3) is 0 Å². The Morgan fingerprint density at radius 3 is 2.62 bits per heavy atom. The normalized spacial score (nSPS) is 20.5. The van der Waals surface area contributed by atoms with Gasteiger partial charge in [-0.2, -0.15) is 0 Å². The lowest BCUT2D eigenvalue weighted by molar-refractivity contribution is -0.307. The van der Waals surface area contributed by atoms with Crippen LogP contribution in [-0.4, -0.2) is 5.78 Å². The van der Waals surface area contributed by atoms with E-state index in [9.17, 15) is 9.90 Å². The van der Waals surface area contributed by atoms with Gasteiger partial charge in [0.15, 0.2) is 5.78 Å². The van der Waals surface area contributed by atoms with E-state index < -0.39 is 0 Å². The van der Waals surface area contributed by atoms with Gasteiger partial charge in [0.1, 0.15) is 0 Å². The highest BCUT2D eigenvalue weighted by molar-refractivity contribution is 5.90. The molecule has 0 heterocycles. The molecule has 0 saturated heterocycles. The molecular weight excluding hydrogens is 104 g/mol. The van der Waals surface area contributed by atoms with Crippen molar-refractivity contribution >= 4 is 5.78 Å². The van der Waals surface area contributed by atoms with E-state index in [-0.39, 0.29) is 11.5 Å². The van der Waals surface area contributed by atoms with Gasteiger partial charge in [0.25, 0.3) is 0 Å².